The lowest BCUT2D eigenvalue weighted by Gasteiger charge is -2.31. The Morgan fingerprint density at radius 1 is 0.727 bits per heavy atom. The van der Waals surface area contributed by atoms with E-state index in [0.717, 1.165) is 5.92 Å². The molecule has 2 aromatic rings. The summed E-state index contributed by atoms with van der Waals surface area (Å²) in [5.74, 6) is 1.49. The Balaban J connectivity index is 1.66. The molecule has 0 saturated carbocycles. The molecule has 4 bridgehead atoms. The van der Waals surface area contributed by atoms with Crippen molar-refractivity contribution in [2.45, 2.75) is 44.4 Å². The van der Waals surface area contributed by atoms with Crippen molar-refractivity contribution in [3.05, 3.63) is 82.9 Å². The van der Waals surface area contributed by atoms with Crippen LogP contribution in [0, 0.1) is 5.92 Å². The van der Waals surface area contributed by atoms with E-state index in [4.69, 9.17) is 0 Å². The first-order valence-electron chi connectivity index (χ1n) is 8.70. The lowest BCUT2D eigenvalue weighted by molar-refractivity contribution is 0.403. The first kappa shape index (κ1) is 13.8. The van der Waals surface area contributed by atoms with Crippen LogP contribution >= 0.6 is 0 Å². The SMILES string of the molecule is C1=C2CCc3ccc(cc3)CCC(C1)CC2c1ccccc1. The number of hydrogen-bond acceptors (Lipinski definition) is 0. The molecule has 0 aromatic heterocycles. The van der Waals surface area contributed by atoms with E-state index in [2.05, 4.69) is 60.7 Å². The first-order chi connectivity index (χ1) is 10.9. The highest BCUT2D eigenvalue weighted by molar-refractivity contribution is 5.32. The molecule has 0 aliphatic heterocycles. The average molecular weight is 288 g/mol. The molecule has 0 heteroatoms. The van der Waals surface area contributed by atoms with Gasteiger partial charge in [-0.1, -0.05) is 66.2 Å². The molecule has 2 aromatic carbocycles. The molecule has 0 heterocycles. The van der Waals surface area contributed by atoms with Crippen LogP contribution in [-0.2, 0) is 12.8 Å². The van der Waals surface area contributed by atoms with Crippen LogP contribution in [-0.4, -0.2) is 0 Å². The molecule has 7 rings (SSSR count). The minimum Gasteiger partial charge on any atom is -0.0844 e. The van der Waals surface area contributed by atoms with E-state index in [1.165, 1.54) is 55.2 Å². The number of aryl methyl sites for hydroxylation is 2. The fourth-order valence-electron chi connectivity index (χ4n) is 4.12. The van der Waals surface area contributed by atoms with E-state index in [9.17, 15) is 0 Å². The standard InChI is InChI=1S/C22H24/c1-2-4-20(5-3-1)22-16-19-11-10-17-6-8-18(9-7-17)12-14-21(22)15-13-19/h1-9,15,19,22H,10-14,16H2. The highest BCUT2D eigenvalue weighted by Gasteiger charge is 2.25. The fourth-order valence-corrected chi connectivity index (χ4v) is 4.12. The van der Waals surface area contributed by atoms with Crippen LogP contribution in [0.2, 0.25) is 0 Å². The van der Waals surface area contributed by atoms with Crippen LogP contribution in [0.15, 0.2) is 66.2 Å². The van der Waals surface area contributed by atoms with Crippen molar-refractivity contribution in [2.24, 2.45) is 5.92 Å². The minimum absolute atomic E-state index is 0.650. The summed E-state index contributed by atoms with van der Waals surface area (Å²) in [4.78, 5) is 0. The number of rotatable bonds is 1. The van der Waals surface area contributed by atoms with Crippen LogP contribution in [0.4, 0.5) is 0 Å². The highest BCUT2D eigenvalue weighted by Crippen LogP contribution is 2.40. The molecule has 0 fully saturated rings. The van der Waals surface area contributed by atoms with Crippen molar-refractivity contribution in [2.75, 3.05) is 0 Å². The number of hydrogen-bond donors (Lipinski definition) is 0. The summed E-state index contributed by atoms with van der Waals surface area (Å²) in [6, 6.07) is 20.5. The maximum atomic E-state index is 2.57. The van der Waals surface area contributed by atoms with Crippen molar-refractivity contribution in [1.29, 1.82) is 0 Å². The van der Waals surface area contributed by atoms with Gasteiger partial charge >= 0.3 is 0 Å². The third-order valence-corrected chi connectivity index (χ3v) is 5.50. The van der Waals surface area contributed by atoms with E-state index in [0.29, 0.717) is 5.92 Å². The molecule has 5 aliphatic rings. The molecule has 2 unspecified atom stereocenters. The molecule has 0 saturated heterocycles. The monoisotopic (exact) mass is 288 g/mol. The van der Waals surface area contributed by atoms with Gasteiger partial charge in [0.25, 0.3) is 0 Å². The average Bonchev–Trinajstić information content (AvgIpc) is 2.58. The zero-order valence-electron chi connectivity index (χ0n) is 13.2. The normalized spacial score (nSPS) is 24.5. The molecule has 112 valence electrons. The summed E-state index contributed by atoms with van der Waals surface area (Å²) < 4.78 is 0. The fraction of sp³-hybridized carbons (Fsp3) is 0.364. The molecule has 0 radical (unpaired) electrons. The summed E-state index contributed by atoms with van der Waals surface area (Å²) >= 11 is 0. The second-order valence-electron chi connectivity index (χ2n) is 6.93. The highest BCUT2D eigenvalue weighted by atomic mass is 14.3. The van der Waals surface area contributed by atoms with E-state index >= 15 is 0 Å². The minimum atomic E-state index is 0.650. The second kappa shape index (κ2) is 6.12. The number of benzene rings is 2. The predicted molar refractivity (Wildman–Crippen MR) is 93.1 cm³/mol. The second-order valence-corrected chi connectivity index (χ2v) is 6.93. The van der Waals surface area contributed by atoms with Crippen molar-refractivity contribution < 1.29 is 0 Å². The Kier molecular flexibility index (Phi) is 3.84. The predicted octanol–water partition coefficient (Wildman–Crippen LogP) is 5.69. The van der Waals surface area contributed by atoms with Gasteiger partial charge in [0.2, 0.25) is 0 Å². The van der Waals surface area contributed by atoms with E-state index in [1.807, 2.05) is 0 Å². The third kappa shape index (κ3) is 2.88. The van der Waals surface area contributed by atoms with Gasteiger partial charge in [0.15, 0.2) is 0 Å². The van der Waals surface area contributed by atoms with Gasteiger partial charge in [-0.3, -0.25) is 0 Å². The van der Waals surface area contributed by atoms with Crippen LogP contribution in [0.3, 0.4) is 0 Å². The van der Waals surface area contributed by atoms with E-state index in [1.54, 1.807) is 5.57 Å². The maximum absolute atomic E-state index is 2.57. The van der Waals surface area contributed by atoms with E-state index in [-0.39, 0.29) is 0 Å². The molecule has 0 nitrogen and oxygen atoms in total. The molecular weight excluding hydrogens is 264 g/mol. The van der Waals surface area contributed by atoms with Gasteiger partial charge in [0, 0.05) is 5.92 Å². The molecular formula is C22H24. The molecule has 0 amide bonds. The Labute approximate surface area is 133 Å². The Morgan fingerprint density at radius 2 is 1.45 bits per heavy atom. The molecule has 22 heavy (non-hydrogen) atoms. The van der Waals surface area contributed by atoms with Crippen molar-refractivity contribution >= 4 is 0 Å². The lowest BCUT2D eigenvalue weighted by Crippen LogP contribution is -2.16. The van der Waals surface area contributed by atoms with Gasteiger partial charge in [-0.15, -0.1) is 0 Å². The number of allylic oxidation sites excluding steroid dienone is 2. The molecule has 2 atom stereocenters. The van der Waals surface area contributed by atoms with E-state index < -0.39 is 0 Å². The van der Waals surface area contributed by atoms with Crippen LogP contribution < -0.4 is 0 Å². The van der Waals surface area contributed by atoms with Crippen LogP contribution in [0.1, 0.15) is 48.3 Å². The third-order valence-electron chi connectivity index (χ3n) is 5.50. The van der Waals surface area contributed by atoms with Gasteiger partial charge < -0.3 is 0 Å². The van der Waals surface area contributed by atoms with Crippen LogP contribution in [0.5, 0.6) is 0 Å². The summed E-state index contributed by atoms with van der Waals surface area (Å²) in [5, 5.41) is 0. The van der Waals surface area contributed by atoms with Gasteiger partial charge in [0.1, 0.15) is 0 Å². The molecule has 0 spiro atoms. The molecule has 5 aliphatic carbocycles. The van der Waals surface area contributed by atoms with Gasteiger partial charge in [-0.2, -0.15) is 0 Å². The van der Waals surface area contributed by atoms with Crippen molar-refractivity contribution in [1.82, 2.24) is 0 Å². The largest absolute Gasteiger partial charge is 0.0844 e. The Bertz CT molecular complexity index is 648. The topological polar surface area (TPSA) is 0 Å². The Morgan fingerprint density at radius 3 is 2.23 bits per heavy atom. The van der Waals surface area contributed by atoms with Gasteiger partial charge in [-0.25, -0.2) is 0 Å². The van der Waals surface area contributed by atoms with Gasteiger partial charge in [0.05, 0.1) is 0 Å². The summed E-state index contributed by atoms with van der Waals surface area (Å²) in [6.07, 6.45) is 10.1. The summed E-state index contributed by atoms with van der Waals surface area (Å²) in [5.41, 5.74) is 6.19. The Hall–Kier alpha value is -1.82. The zero-order valence-corrected chi connectivity index (χ0v) is 13.2. The lowest BCUT2D eigenvalue weighted by atomic mass is 9.74. The summed E-state index contributed by atoms with van der Waals surface area (Å²) in [7, 11) is 0. The van der Waals surface area contributed by atoms with Gasteiger partial charge in [-0.05, 0) is 61.1 Å². The quantitative estimate of drug-likeness (QED) is 0.592. The smallest absolute Gasteiger partial charge is 0.00510 e. The van der Waals surface area contributed by atoms with Crippen LogP contribution in [0.25, 0.3) is 0 Å². The zero-order chi connectivity index (χ0) is 14.8. The van der Waals surface area contributed by atoms with Crippen molar-refractivity contribution in [3.8, 4) is 0 Å². The first-order valence-corrected chi connectivity index (χ1v) is 8.70. The maximum Gasteiger partial charge on any atom is 0.00510 e. The summed E-state index contributed by atoms with van der Waals surface area (Å²) in [6.45, 7) is 0. The van der Waals surface area contributed by atoms with Crippen molar-refractivity contribution in [3.63, 3.8) is 0 Å². The molecule has 0 N–H and O–H groups in total.